The Morgan fingerprint density at radius 3 is 2.91 bits per heavy atom. The molecule has 1 aliphatic rings. The third-order valence-electron chi connectivity index (χ3n) is 3.95. The second-order valence-electron chi connectivity index (χ2n) is 5.44. The Morgan fingerprint density at radius 2 is 2.27 bits per heavy atom. The first kappa shape index (κ1) is 14.6. The van der Waals surface area contributed by atoms with Gasteiger partial charge in [-0.05, 0) is 38.3 Å². The summed E-state index contributed by atoms with van der Waals surface area (Å²) >= 11 is 0. The maximum atomic E-state index is 14.4. The number of halogens is 1. The lowest BCUT2D eigenvalue weighted by Gasteiger charge is -2.25. The van der Waals surface area contributed by atoms with Crippen molar-refractivity contribution in [1.29, 1.82) is 0 Å². The molecular weight excluding hydrogens is 285 g/mol. The maximum absolute atomic E-state index is 14.4. The number of benzene rings is 1. The minimum absolute atomic E-state index is 0.132. The van der Waals surface area contributed by atoms with Crippen LogP contribution in [0.4, 0.5) is 10.1 Å². The number of anilines is 1. The van der Waals surface area contributed by atoms with E-state index in [2.05, 4.69) is 5.10 Å². The largest absolute Gasteiger partial charge is 0.462 e. The number of nitrogens with zero attached hydrogens (tertiary/aromatic N) is 2. The topological polar surface area (TPSA) is 70.1 Å². The van der Waals surface area contributed by atoms with Crippen LogP contribution in [0, 0.1) is 5.82 Å². The molecule has 2 N–H and O–H groups in total. The lowest BCUT2D eigenvalue weighted by Crippen LogP contribution is -2.17. The molecule has 1 aromatic heterocycles. The Kier molecular flexibility index (Phi) is 3.83. The molecule has 1 aromatic carbocycles. The summed E-state index contributed by atoms with van der Waals surface area (Å²) in [7, 11) is 0. The SMILES string of the molecule is CCOC(=O)c1cc(N)cc(F)c1-c1cnn(C2CCC2)c1. The van der Waals surface area contributed by atoms with E-state index in [0.717, 1.165) is 12.8 Å². The zero-order chi connectivity index (χ0) is 15.7. The summed E-state index contributed by atoms with van der Waals surface area (Å²) in [4.78, 5) is 12.1. The Hall–Kier alpha value is -2.37. The van der Waals surface area contributed by atoms with Crippen LogP contribution < -0.4 is 5.73 Å². The lowest BCUT2D eigenvalue weighted by molar-refractivity contribution is 0.0527. The number of nitrogen functional groups attached to an aromatic ring is 1. The van der Waals surface area contributed by atoms with Gasteiger partial charge in [0.2, 0.25) is 0 Å². The summed E-state index contributed by atoms with van der Waals surface area (Å²) in [5.74, 6) is -1.13. The lowest BCUT2D eigenvalue weighted by atomic mass is 9.93. The first-order valence-electron chi connectivity index (χ1n) is 7.40. The van der Waals surface area contributed by atoms with E-state index in [-0.39, 0.29) is 23.4 Å². The average molecular weight is 303 g/mol. The number of aromatic nitrogens is 2. The molecule has 0 spiro atoms. The molecule has 22 heavy (non-hydrogen) atoms. The second-order valence-corrected chi connectivity index (χ2v) is 5.44. The van der Waals surface area contributed by atoms with Crippen LogP contribution in [0.25, 0.3) is 11.1 Å². The molecule has 0 radical (unpaired) electrons. The highest BCUT2D eigenvalue weighted by Crippen LogP contribution is 2.34. The first-order valence-corrected chi connectivity index (χ1v) is 7.40. The molecule has 1 fully saturated rings. The van der Waals surface area contributed by atoms with Gasteiger partial charge in [-0.3, -0.25) is 4.68 Å². The number of carbonyl (C=O) groups is 1. The number of ether oxygens (including phenoxy) is 1. The summed E-state index contributed by atoms with van der Waals surface area (Å²) in [5.41, 5.74) is 6.73. The summed E-state index contributed by atoms with van der Waals surface area (Å²) < 4.78 is 21.2. The van der Waals surface area contributed by atoms with Crippen molar-refractivity contribution in [3.8, 4) is 11.1 Å². The Balaban J connectivity index is 2.04. The van der Waals surface area contributed by atoms with Crippen LogP contribution in [0.3, 0.4) is 0 Å². The van der Waals surface area contributed by atoms with Crippen molar-refractivity contribution >= 4 is 11.7 Å². The van der Waals surface area contributed by atoms with Gasteiger partial charge < -0.3 is 10.5 Å². The third-order valence-corrected chi connectivity index (χ3v) is 3.95. The quantitative estimate of drug-likeness (QED) is 0.695. The van der Waals surface area contributed by atoms with Gasteiger partial charge in [-0.25, -0.2) is 9.18 Å². The smallest absolute Gasteiger partial charge is 0.338 e. The van der Waals surface area contributed by atoms with Crippen molar-refractivity contribution in [3.05, 3.63) is 35.9 Å². The van der Waals surface area contributed by atoms with E-state index in [0.29, 0.717) is 11.6 Å². The molecule has 0 amide bonds. The van der Waals surface area contributed by atoms with Crippen molar-refractivity contribution in [2.24, 2.45) is 0 Å². The summed E-state index contributed by atoms with van der Waals surface area (Å²) in [6.07, 6.45) is 6.70. The summed E-state index contributed by atoms with van der Waals surface area (Å²) in [6, 6.07) is 3.02. The van der Waals surface area contributed by atoms with E-state index in [9.17, 15) is 9.18 Å². The number of hydrogen-bond acceptors (Lipinski definition) is 4. The van der Waals surface area contributed by atoms with Gasteiger partial charge in [-0.1, -0.05) is 0 Å². The van der Waals surface area contributed by atoms with Crippen molar-refractivity contribution < 1.29 is 13.9 Å². The molecule has 116 valence electrons. The van der Waals surface area contributed by atoms with Crippen molar-refractivity contribution in [2.45, 2.75) is 32.2 Å². The molecule has 1 saturated carbocycles. The Bertz CT molecular complexity index is 707. The molecule has 0 bridgehead atoms. The molecule has 1 heterocycles. The van der Waals surface area contributed by atoms with Crippen LogP contribution in [-0.2, 0) is 4.74 Å². The molecule has 5 nitrogen and oxygen atoms in total. The number of esters is 1. The molecule has 3 rings (SSSR count). The highest BCUT2D eigenvalue weighted by atomic mass is 19.1. The predicted molar refractivity (Wildman–Crippen MR) is 80.9 cm³/mol. The molecule has 0 unspecified atom stereocenters. The number of carbonyl (C=O) groups excluding carboxylic acids is 1. The van der Waals surface area contributed by atoms with Gasteiger partial charge in [0.05, 0.1) is 24.4 Å². The molecule has 0 saturated heterocycles. The molecule has 1 aliphatic carbocycles. The Labute approximate surface area is 127 Å². The fourth-order valence-corrected chi connectivity index (χ4v) is 2.61. The normalized spacial score (nSPS) is 14.6. The van der Waals surface area contributed by atoms with E-state index in [4.69, 9.17) is 10.5 Å². The second kappa shape index (κ2) is 5.79. The van der Waals surface area contributed by atoms with E-state index in [1.54, 1.807) is 19.3 Å². The highest BCUT2D eigenvalue weighted by molar-refractivity contribution is 5.98. The van der Waals surface area contributed by atoms with Gasteiger partial charge >= 0.3 is 5.97 Å². The summed E-state index contributed by atoms with van der Waals surface area (Å²) in [6.45, 7) is 1.92. The number of rotatable bonds is 4. The zero-order valence-electron chi connectivity index (χ0n) is 12.4. The standard InChI is InChI=1S/C16H18FN3O2/c1-2-22-16(21)13-6-11(18)7-14(17)15(13)10-8-19-20(9-10)12-4-3-5-12/h6-9,12H,2-5,18H2,1H3. The maximum Gasteiger partial charge on any atom is 0.338 e. The van der Waals surface area contributed by atoms with E-state index in [1.807, 2.05) is 4.68 Å². The van der Waals surface area contributed by atoms with Gasteiger partial charge in [-0.2, -0.15) is 5.10 Å². The number of nitrogens with two attached hydrogens (primary N) is 1. The minimum Gasteiger partial charge on any atom is -0.462 e. The van der Waals surface area contributed by atoms with Crippen molar-refractivity contribution in [1.82, 2.24) is 9.78 Å². The minimum atomic E-state index is -0.583. The van der Waals surface area contributed by atoms with Crippen LogP contribution >= 0.6 is 0 Å². The van der Waals surface area contributed by atoms with Gasteiger partial charge in [0.1, 0.15) is 5.82 Å². The number of hydrogen-bond donors (Lipinski definition) is 1. The van der Waals surface area contributed by atoms with Crippen LogP contribution in [0.2, 0.25) is 0 Å². The Morgan fingerprint density at radius 1 is 1.50 bits per heavy atom. The van der Waals surface area contributed by atoms with Crippen molar-refractivity contribution in [2.75, 3.05) is 12.3 Å². The average Bonchev–Trinajstić information content (AvgIpc) is 2.85. The molecular formula is C16H18FN3O2. The van der Waals surface area contributed by atoms with Crippen LogP contribution in [0.5, 0.6) is 0 Å². The first-order chi connectivity index (χ1) is 10.6. The molecule has 0 atom stereocenters. The fourth-order valence-electron chi connectivity index (χ4n) is 2.61. The van der Waals surface area contributed by atoms with Gasteiger partial charge in [-0.15, -0.1) is 0 Å². The molecule has 6 heteroatoms. The zero-order valence-corrected chi connectivity index (χ0v) is 12.4. The fraction of sp³-hybridized carbons (Fsp3) is 0.375. The van der Waals surface area contributed by atoms with Crippen LogP contribution in [-0.4, -0.2) is 22.4 Å². The monoisotopic (exact) mass is 303 g/mol. The highest BCUT2D eigenvalue weighted by Gasteiger charge is 2.23. The van der Waals surface area contributed by atoms with Gasteiger partial charge in [0.15, 0.2) is 0 Å². The van der Waals surface area contributed by atoms with Gasteiger partial charge in [0, 0.05) is 23.0 Å². The van der Waals surface area contributed by atoms with E-state index in [1.165, 1.54) is 18.6 Å². The van der Waals surface area contributed by atoms with Gasteiger partial charge in [0.25, 0.3) is 0 Å². The van der Waals surface area contributed by atoms with Crippen molar-refractivity contribution in [3.63, 3.8) is 0 Å². The summed E-state index contributed by atoms with van der Waals surface area (Å²) in [5, 5.41) is 4.29. The molecule has 0 aliphatic heterocycles. The third kappa shape index (κ3) is 2.56. The van der Waals surface area contributed by atoms with E-state index < -0.39 is 11.8 Å². The van der Waals surface area contributed by atoms with E-state index >= 15 is 0 Å². The molecule has 2 aromatic rings. The predicted octanol–water partition coefficient (Wildman–Crippen LogP) is 3.17. The van der Waals surface area contributed by atoms with Crippen LogP contribution in [0.1, 0.15) is 42.6 Å². The van der Waals surface area contributed by atoms with Crippen LogP contribution in [0.15, 0.2) is 24.5 Å².